The van der Waals surface area contributed by atoms with Gasteiger partial charge in [0, 0.05) is 35.2 Å². The van der Waals surface area contributed by atoms with Crippen LogP contribution in [0.2, 0.25) is 0 Å². The molecule has 1 heterocycles. The van der Waals surface area contributed by atoms with Crippen LogP contribution in [-0.4, -0.2) is 26.1 Å². The van der Waals surface area contributed by atoms with E-state index in [0.29, 0.717) is 12.2 Å². The third-order valence-electron chi connectivity index (χ3n) is 3.48. The molecule has 0 radical (unpaired) electrons. The summed E-state index contributed by atoms with van der Waals surface area (Å²) in [5, 5.41) is 16.0. The summed E-state index contributed by atoms with van der Waals surface area (Å²) in [7, 11) is -3.58. The summed E-state index contributed by atoms with van der Waals surface area (Å²) in [6, 6.07) is 7.83. The van der Waals surface area contributed by atoms with Crippen molar-refractivity contribution in [2.24, 2.45) is 0 Å². The highest BCUT2D eigenvalue weighted by molar-refractivity contribution is 7.90. The number of nitro groups is 1. The summed E-state index contributed by atoms with van der Waals surface area (Å²) < 4.78 is 23.8. The molecular weight excluding hydrogens is 336 g/mol. The van der Waals surface area contributed by atoms with Crippen LogP contribution in [0.3, 0.4) is 0 Å². The molecule has 0 aliphatic rings. The SMILES string of the molecule is CC(C)(CNc1ccc([N+](=O)[O-])cc1S(C)(=O)=O)c1cccs1. The molecule has 124 valence electrons. The largest absolute Gasteiger partial charge is 0.383 e. The van der Waals surface area contributed by atoms with Crippen LogP contribution in [0.5, 0.6) is 0 Å². The molecule has 1 N–H and O–H groups in total. The predicted octanol–water partition coefficient (Wildman–Crippen LogP) is 3.45. The number of non-ortho nitro benzene ring substituents is 1. The van der Waals surface area contributed by atoms with E-state index in [1.165, 1.54) is 17.0 Å². The van der Waals surface area contributed by atoms with Gasteiger partial charge in [-0.3, -0.25) is 10.1 Å². The van der Waals surface area contributed by atoms with E-state index in [-0.39, 0.29) is 16.0 Å². The third kappa shape index (κ3) is 4.08. The fourth-order valence-electron chi connectivity index (χ4n) is 2.14. The Kier molecular flexibility index (Phi) is 4.76. The van der Waals surface area contributed by atoms with Crippen molar-refractivity contribution >= 4 is 32.5 Å². The molecule has 6 nitrogen and oxygen atoms in total. The first-order chi connectivity index (χ1) is 10.6. The topological polar surface area (TPSA) is 89.3 Å². The van der Waals surface area contributed by atoms with Crippen LogP contribution in [0, 0.1) is 10.1 Å². The lowest BCUT2D eigenvalue weighted by atomic mass is 9.91. The Morgan fingerprint density at radius 3 is 2.52 bits per heavy atom. The highest BCUT2D eigenvalue weighted by atomic mass is 32.2. The van der Waals surface area contributed by atoms with Gasteiger partial charge in [0.25, 0.3) is 5.69 Å². The fourth-order valence-corrected chi connectivity index (χ4v) is 3.87. The van der Waals surface area contributed by atoms with E-state index in [4.69, 9.17) is 0 Å². The maximum absolute atomic E-state index is 11.9. The first-order valence-electron chi connectivity index (χ1n) is 6.87. The van der Waals surface area contributed by atoms with Crippen LogP contribution in [0.15, 0.2) is 40.6 Å². The summed E-state index contributed by atoms with van der Waals surface area (Å²) in [4.78, 5) is 11.4. The van der Waals surface area contributed by atoms with E-state index < -0.39 is 14.8 Å². The number of thiophene rings is 1. The summed E-state index contributed by atoms with van der Waals surface area (Å²) in [6.07, 6.45) is 1.04. The Morgan fingerprint density at radius 1 is 1.30 bits per heavy atom. The minimum atomic E-state index is -3.58. The zero-order valence-electron chi connectivity index (χ0n) is 13.1. The van der Waals surface area contributed by atoms with Crippen molar-refractivity contribution in [2.45, 2.75) is 24.2 Å². The summed E-state index contributed by atoms with van der Waals surface area (Å²) in [6.45, 7) is 4.61. The number of hydrogen-bond donors (Lipinski definition) is 1. The Labute approximate surface area is 139 Å². The Hall–Kier alpha value is -1.93. The van der Waals surface area contributed by atoms with Gasteiger partial charge < -0.3 is 5.32 Å². The Bertz CT molecular complexity index is 812. The molecule has 0 bridgehead atoms. The zero-order chi connectivity index (χ0) is 17.3. The molecule has 0 saturated carbocycles. The van der Waals surface area contributed by atoms with Gasteiger partial charge in [0.15, 0.2) is 9.84 Å². The van der Waals surface area contributed by atoms with Crippen molar-refractivity contribution < 1.29 is 13.3 Å². The van der Waals surface area contributed by atoms with Gasteiger partial charge in [-0.15, -0.1) is 11.3 Å². The molecular formula is C15H18N2O4S2. The van der Waals surface area contributed by atoms with Crippen LogP contribution in [0.4, 0.5) is 11.4 Å². The molecule has 2 aromatic rings. The molecule has 1 aromatic heterocycles. The average Bonchev–Trinajstić information content (AvgIpc) is 2.99. The number of nitro benzene ring substituents is 1. The number of rotatable bonds is 6. The van der Waals surface area contributed by atoms with E-state index in [9.17, 15) is 18.5 Å². The van der Waals surface area contributed by atoms with Gasteiger partial charge in [-0.25, -0.2) is 8.42 Å². The second-order valence-electron chi connectivity index (χ2n) is 5.92. The molecule has 0 saturated heterocycles. The third-order valence-corrected chi connectivity index (χ3v) is 5.86. The maximum atomic E-state index is 11.9. The van der Waals surface area contributed by atoms with Gasteiger partial charge in [0.05, 0.1) is 15.5 Å². The lowest BCUT2D eigenvalue weighted by Crippen LogP contribution is -2.27. The highest BCUT2D eigenvalue weighted by Crippen LogP contribution is 2.30. The van der Waals surface area contributed by atoms with E-state index in [1.807, 2.05) is 17.5 Å². The van der Waals surface area contributed by atoms with Crippen LogP contribution in [0.1, 0.15) is 18.7 Å². The maximum Gasteiger partial charge on any atom is 0.270 e. The van der Waals surface area contributed by atoms with E-state index in [2.05, 4.69) is 19.2 Å². The number of sulfone groups is 1. The Balaban J connectivity index is 2.31. The van der Waals surface area contributed by atoms with E-state index in [0.717, 1.165) is 12.3 Å². The van der Waals surface area contributed by atoms with Crippen LogP contribution in [0.25, 0.3) is 0 Å². The summed E-state index contributed by atoms with van der Waals surface area (Å²) in [5.41, 5.74) is -0.0544. The Morgan fingerprint density at radius 2 is 2.00 bits per heavy atom. The highest BCUT2D eigenvalue weighted by Gasteiger charge is 2.24. The normalized spacial score (nSPS) is 12.1. The molecule has 0 spiro atoms. The quantitative estimate of drug-likeness (QED) is 0.634. The smallest absolute Gasteiger partial charge is 0.270 e. The zero-order valence-corrected chi connectivity index (χ0v) is 14.7. The van der Waals surface area contributed by atoms with Crippen molar-refractivity contribution in [3.8, 4) is 0 Å². The molecule has 0 atom stereocenters. The molecule has 23 heavy (non-hydrogen) atoms. The molecule has 0 aliphatic carbocycles. The minimum absolute atomic E-state index is 0.0614. The van der Waals surface area contributed by atoms with Crippen LogP contribution in [-0.2, 0) is 15.3 Å². The monoisotopic (exact) mass is 354 g/mol. The predicted molar refractivity (Wildman–Crippen MR) is 92.0 cm³/mol. The second kappa shape index (κ2) is 6.29. The summed E-state index contributed by atoms with van der Waals surface area (Å²) >= 11 is 1.63. The number of nitrogens with zero attached hydrogens (tertiary/aromatic N) is 1. The number of nitrogens with one attached hydrogen (secondary N) is 1. The van der Waals surface area contributed by atoms with Crippen molar-refractivity contribution in [1.82, 2.24) is 0 Å². The summed E-state index contributed by atoms with van der Waals surface area (Å²) in [5.74, 6) is 0. The second-order valence-corrected chi connectivity index (χ2v) is 8.86. The van der Waals surface area contributed by atoms with Gasteiger partial charge in [0.1, 0.15) is 0 Å². The molecule has 1 aromatic carbocycles. The van der Waals surface area contributed by atoms with Gasteiger partial charge >= 0.3 is 0 Å². The first-order valence-corrected chi connectivity index (χ1v) is 9.65. The van der Waals surface area contributed by atoms with E-state index in [1.54, 1.807) is 11.3 Å². The van der Waals surface area contributed by atoms with Crippen molar-refractivity contribution in [3.63, 3.8) is 0 Å². The van der Waals surface area contributed by atoms with Crippen molar-refractivity contribution in [1.29, 1.82) is 0 Å². The standard InChI is InChI=1S/C15H18N2O4S2/c1-15(2,14-5-4-8-22-14)10-16-12-7-6-11(17(18)19)9-13(12)23(3,20)21/h4-9,16H,10H2,1-3H3. The molecule has 0 amide bonds. The lowest BCUT2D eigenvalue weighted by Gasteiger charge is -2.25. The van der Waals surface area contributed by atoms with Gasteiger partial charge in [0.2, 0.25) is 0 Å². The lowest BCUT2D eigenvalue weighted by molar-refractivity contribution is -0.385. The molecule has 0 aliphatic heterocycles. The number of hydrogen-bond acceptors (Lipinski definition) is 6. The molecule has 2 rings (SSSR count). The molecule has 0 unspecified atom stereocenters. The van der Waals surface area contributed by atoms with Crippen LogP contribution < -0.4 is 5.32 Å². The molecule has 8 heteroatoms. The van der Waals surface area contributed by atoms with Gasteiger partial charge in [-0.1, -0.05) is 19.9 Å². The first kappa shape index (κ1) is 17.4. The fraction of sp³-hybridized carbons (Fsp3) is 0.333. The minimum Gasteiger partial charge on any atom is -0.383 e. The van der Waals surface area contributed by atoms with E-state index >= 15 is 0 Å². The number of benzene rings is 1. The van der Waals surface area contributed by atoms with Crippen LogP contribution >= 0.6 is 11.3 Å². The molecule has 0 fully saturated rings. The van der Waals surface area contributed by atoms with Crippen molar-refractivity contribution in [3.05, 3.63) is 50.7 Å². The van der Waals surface area contributed by atoms with Gasteiger partial charge in [-0.2, -0.15) is 0 Å². The average molecular weight is 354 g/mol. The number of anilines is 1. The van der Waals surface area contributed by atoms with Gasteiger partial charge in [-0.05, 0) is 17.5 Å². The van der Waals surface area contributed by atoms with Crippen molar-refractivity contribution in [2.75, 3.05) is 18.1 Å².